The molecule has 1 atom stereocenters. The maximum Gasteiger partial charge on any atom is 0.253 e. The zero-order valence-electron chi connectivity index (χ0n) is 19.4. The van der Waals surface area contributed by atoms with E-state index in [0.717, 1.165) is 33.5 Å². The van der Waals surface area contributed by atoms with Gasteiger partial charge in [-0.25, -0.2) is 0 Å². The number of pyridine rings is 1. The van der Waals surface area contributed by atoms with E-state index < -0.39 is 6.10 Å². The van der Waals surface area contributed by atoms with Gasteiger partial charge < -0.3 is 15.7 Å². The highest BCUT2D eigenvalue weighted by Crippen LogP contribution is 2.26. The zero-order valence-corrected chi connectivity index (χ0v) is 19.4. The second kappa shape index (κ2) is 10.7. The first-order valence-electron chi connectivity index (χ1n) is 11.6. The first-order chi connectivity index (χ1) is 17.7. The molecule has 5 aromatic rings. The summed E-state index contributed by atoms with van der Waals surface area (Å²) in [6, 6.07) is 28.2. The van der Waals surface area contributed by atoms with Crippen LogP contribution in [-0.4, -0.2) is 32.7 Å². The minimum atomic E-state index is -0.779. The van der Waals surface area contributed by atoms with Crippen molar-refractivity contribution in [3.8, 4) is 0 Å². The third kappa shape index (κ3) is 5.32. The number of carbonyl (C=O) groups excluding carboxylic acids is 1. The van der Waals surface area contributed by atoms with Gasteiger partial charge in [0.1, 0.15) is 0 Å². The molecule has 1 amide bonds. The molecule has 0 aliphatic carbocycles. The van der Waals surface area contributed by atoms with E-state index in [1.54, 1.807) is 12.3 Å². The van der Waals surface area contributed by atoms with Crippen LogP contribution >= 0.6 is 0 Å². The van der Waals surface area contributed by atoms with Crippen molar-refractivity contribution in [3.05, 3.63) is 120 Å². The summed E-state index contributed by atoms with van der Waals surface area (Å²) in [7, 11) is 0. The normalized spacial score (nSPS) is 12.0. The second-order valence-electron chi connectivity index (χ2n) is 8.26. The van der Waals surface area contributed by atoms with Crippen molar-refractivity contribution >= 4 is 40.3 Å². The summed E-state index contributed by atoms with van der Waals surface area (Å²) in [5, 5.41) is 25.0. The maximum absolute atomic E-state index is 12.9. The molecule has 7 nitrogen and oxygen atoms in total. The number of nitrogens with zero attached hydrogens (tertiary/aromatic N) is 2. The number of aliphatic hydroxyl groups is 1. The van der Waals surface area contributed by atoms with Crippen LogP contribution in [0.4, 0.5) is 11.4 Å². The van der Waals surface area contributed by atoms with E-state index in [9.17, 15) is 9.90 Å². The van der Waals surface area contributed by atoms with E-state index in [2.05, 4.69) is 25.8 Å². The number of aromatic nitrogens is 3. The maximum atomic E-state index is 12.9. The van der Waals surface area contributed by atoms with E-state index in [1.807, 2.05) is 97.1 Å². The number of aliphatic hydroxyl groups excluding tert-OH is 1. The Kier molecular flexibility index (Phi) is 6.82. The minimum Gasteiger partial charge on any atom is -0.387 e. The van der Waals surface area contributed by atoms with Crippen LogP contribution in [0.25, 0.3) is 23.1 Å². The van der Waals surface area contributed by atoms with Crippen molar-refractivity contribution in [2.24, 2.45) is 0 Å². The largest absolute Gasteiger partial charge is 0.387 e. The topological polar surface area (TPSA) is 103 Å². The van der Waals surface area contributed by atoms with Crippen LogP contribution in [0, 0.1) is 0 Å². The van der Waals surface area contributed by atoms with Gasteiger partial charge in [0.15, 0.2) is 0 Å². The molecule has 3 aromatic carbocycles. The van der Waals surface area contributed by atoms with Gasteiger partial charge in [0.25, 0.3) is 5.91 Å². The van der Waals surface area contributed by atoms with Crippen LogP contribution in [0.1, 0.15) is 33.4 Å². The Morgan fingerprint density at radius 3 is 2.58 bits per heavy atom. The summed E-state index contributed by atoms with van der Waals surface area (Å²) in [6.45, 7) is 0.117. The lowest BCUT2D eigenvalue weighted by Gasteiger charge is -2.15. The number of anilines is 2. The van der Waals surface area contributed by atoms with E-state index in [0.29, 0.717) is 11.3 Å². The van der Waals surface area contributed by atoms with Gasteiger partial charge in [-0.1, -0.05) is 48.5 Å². The van der Waals surface area contributed by atoms with Crippen molar-refractivity contribution in [3.63, 3.8) is 0 Å². The Balaban J connectivity index is 1.29. The number of rotatable bonds is 8. The number of para-hydroxylation sites is 1. The average molecular weight is 476 g/mol. The third-order valence-corrected chi connectivity index (χ3v) is 5.78. The fourth-order valence-electron chi connectivity index (χ4n) is 3.91. The number of amides is 1. The number of carbonyl (C=O) groups is 1. The average Bonchev–Trinajstić information content (AvgIpc) is 3.34. The van der Waals surface area contributed by atoms with Gasteiger partial charge in [-0.3, -0.25) is 14.9 Å². The van der Waals surface area contributed by atoms with Crippen molar-refractivity contribution in [2.45, 2.75) is 6.10 Å². The van der Waals surface area contributed by atoms with Crippen molar-refractivity contribution in [2.75, 3.05) is 11.9 Å². The van der Waals surface area contributed by atoms with Crippen LogP contribution in [0.15, 0.2) is 97.2 Å². The molecular formula is C29H25N5O2. The number of nitrogens with one attached hydrogen (secondary N) is 3. The minimum absolute atomic E-state index is 0.117. The molecular weight excluding hydrogens is 450 g/mol. The van der Waals surface area contributed by atoms with E-state index >= 15 is 0 Å². The lowest BCUT2D eigenvalue weighted by Crippen LogP contribution is -2.28. The predicted molar refractivity (Wildman–Crippen MR) is 143 cm³/mol. The SMILES string of the molecule is O=C(NCC(O)c1ccccc1)c1ccccc1Nc1ccc2c(/C=C/c3ccccn3)n[nH]c2c1. The highest BCUT2D eigenvalue weighted by molar-refractivity contribution is 6.00. The molecule has 0 radical (unpaired) electrons. The monoisotopic (exact) mass is 475 g/mol. The van der Waals surface area contributed by atoms with Gasteiger partial charge in [0.2, 0.25) is 0 Å². The predicted octanol–water partition coefficient (Wildman–Crippen LogP) is 5.34. The number of H-pyrrole nitrogens is 1. The summed E-state index contributed by atoms with van der Waals surface area (Å²) in [6.07, 6.45) is 4.83. The molecule has 7 heteroatoms. The van der Waals surface area contributed by atoms with Gasteiger partial charge in [-0.2, -0.15) is 5.10 Å². The van der Waals surface area contributed by atoms with Gasteiger partial charge in [-0.15, -0.1) is 0 Å². The number of fused-ring (bicyclic) bond motifs is 1. The summed E-state index contributed by atoms with van der Waals surface area (Å²) < 4.78 is 0. The first-order valence-corrected chi connectivity index (χ1v) is 11.6. The number of hydrogen-bond acceptors (Lipinski definition) is 5. The fourth-order valence-corrected chi connectivity index (χ4v) is 3.91. The Hall–Kier alpha value is -4.75. The summed E-state index contributed by atoms with van der Waals surface area (Å²) in [5.74, 6) is -0.266. The van der Waals surface area contributed by atoms with E-state index in [1.165, 1.54) is 0 Å². The molecule has 0 saturated carbocycles. The van der Waals surface area contributed by atoms with Crippen molar-refractivity contribution in [1.29, 1.82) is 0 Å². The van der Waals surface area contributed by atoms with Gasteiger partial charge in [0.05, 0.1) is 34.3 Å². The molecule has 0 aliphatic rings. The highest BCUT2D eigenvalue weighted by atomic mass is 16.3. The Labute approximate surface area is 208 Å². The van der Waals surface area contributed by atoms with Crippen LogP contribution in [0.2, 0.25) is 0 Å². The molecule has 2 heterocycles. The first kappa shape index (κ1) is 23.0. The Bertz CT molecular complexity index is 1500. The molecule has 0 fully saturated rings. The smallest absolute Gasteiger partial charge is 0.253 e. The van der Waals surface area contributed by atoms with Gasteiger partial charge in [-0.05, 0) is 60.2 Å². The number of benzene rings is 3. The Morgan fingerprint density at radius 1 is 0.944 bits per heavy atom. The van der Waals surface area contributed by atoms with Crippen LogP contribution < -0.4 is 10.6 Å². The van der Waals surface area contributed by atoms with Crippen molar-refractivity contribution in [1.82, 2.24) is 20.5 Å². The molecule has 1 unspecified atom stereocenters. The molecule has 5 rings (SSSR count). The summed E-state index contributed by atoms with van der Waals surface area (Å²) >= 11 is 0. The van der Waals surface area contributed by atoms with Gasteiger partial charge >= 0.3 is 0 Å². The molecule has 178 valence electrons. The molecule has 36 heavy (non-hydrogen) atoms. The lowest BCUT2D eigenvalue weighted by molar-refractivity contribution is 0.0917. The molecule has 0 saturated heterocycles. The van der Waals surface area contributed by atoms with E-state index in [-0.39, 0.29) is 12.5 Å². The van der Waals surface area contributed by atoms with Crippen LogP contribution in [0.5, 0.6) is 0 Å². The number of aromatic amines is 1. The lowest BCUT2D eigenvalue weighted by atomic mass is 10.1. The molecule has 0 spiro atoms. The zero-order chi connectivity index (χ0) is 24.7. The second-order valence-corrected chi connectivity index (χ2v) is 8.26. The molecule has 0 bridgehead atoms. The van der Waals surface area contributed by atoms with E-state index in [4.69, 9.17) is 0 Å². The summed E-state index contributed by atoms with van der Waals surface area (Å²) in [4.78, 5) is 17.2. The third-order valence-electron chi connectivity index (χ3n) is 5.78. The fraction of sp³-hybridized carbons (Fsp3) is 0.0690. The van der Waals surface area contributed by atoms with Gasteiger partial charge in [0, 0.05) is 23.8 Å². The standard InChI is InChI=1S/C29H25N5O2/c35-28(20-8-2-1-3-9-20)19-31-29(36)24-11-4-5-12-25(24)32-22-13-15-23-26(33-34-27(23)18-22)16-14-21-10-6-7-17-30-21/h1-18,28,32,35H,19H2,(H,31,36)(H,33,34)/b16-14+. The van der Waals surface area contributed by atoms with Crippen LogP contribution in [0.3, 0.4) is 0 Å². The number of hydrogen-bond donors (Lipinski definition) is 4. The quantitative estimate of drug-likeness (QED) is 0.243. The highest BCUT2D eigenvalue weighted by Gasteiger charge is 2.14. The van der Waals surface area contributed by atoms with Crippen molar-refractivity contribution < 1.29 is 9.90 Å². The Morgan fingerprint density at radius 2 is 1.75 bits per heavy atom. The molecule has 4 N–H and O–H groups in total. The molecule has 0 aliphatic heterocycles. The molecule has 2 aromatic heterocycles. The van der Waals surface area contributed by atoms with Crippen LogP contribution in [-0.2, 0) is 0 Å². The summed E-state index contributed by atoms with van der Waals surface area (Å²) in [5.41, 5.74) is 5.27.